The first kappa shape index (κ1) is 4.84. The van der Waals surface area contributed by atoms with Gasteiger partial charge in [0.1, 0.15) is 5.82 Å². The van der Waals surface area contributed by atoms with Crippen molar-refractivity contribution >= 4 is 16.1 Å². The Kier molecular flexibility index (Phi) is 1.15. The Hall–Kier alpha value is -0.310. The van der Waals surface area contributed by atoms with Crippen LogP contribution in [0.15, 0.2) is 12.4 Å². The monoisotopic (exact) mass is 160 g/mol. The summed E-state index contributed by atoms with van der Waals surface area (Å²) in [4.78, 5) is 3.93. The summed E-state index contributed by atoms with van der Waals surface area (Å²) in [5.74, 6) is 0.972. The average Bonchev–Trinajstić information content (AvgIpc) is 1.91. The second-order valence-corrected chi connectivity index (χ2v) is 2.05. The van der Waals surface area contributed by atoms with Gasteiger partial charge < -0.3 is 0 Å². The third-order valence-electron chi connectivity index (χ3n) is 0.768. The molecule has 7 heavy (non-hydrogen) atoms. The van der Waals surface area contributed by atoms with E-state index < -0.39 is 0 Å². The standard InChI is InChI=1S/C4H5BrN2/c1-4-6-2-3-7(4)5/h2-3H,1H3. The molecule has 0 atom stereocenters. The van der Waals surface area contributed by atoms with Crippen molar-refractivity contribution in [2.24, 2.45) is 0 Å². The van der Waals surface area contributed by atoms with Gasteiger partial charge in [-0.1, -0.05) is 0 Å². The maximum absolute atomic E-state index is 3.93. The van der Waals surface area contributed by atoms with Crippen LogP contribution in [-0.2, 0) is 0 Å². The van der Waals surface area contributed by atoms with Gasteiger partial charge in [-0.05, 0) is 6.92 Å². The lowest BCUT2D eigenvalue weighted by atomic mass is 10.8. The highest BCUT2D eigenvalue weighted by Gasteiger charge is 1.85. The van der Waals surface area contributed by atoms with Gasteiger partial charge in [-0.2, -0.15) is 0 Å². The Morgan fingerprint density at radius 1 is 1.86 bits per heavy atom. The average molecular weight is 161 g/mol. The van der Waals surface area contributed by atoms with E-state index in [2.05, 4.69) is 21.1 Å². The lowest BCUT2D eigenvalue weighted by molar-refractivity contribution is 1.11. The van der Waals surface area contributed by atoms with Crippen molar-refractivity contribution in [1.29, 1.82) is 0 Å². The Labute approximate surface area is 50.5 Å². The minimum absolute atomic E-state index is 0.972. The summed E-state index contributed by atoms with van der Waals surface area (Å²) >= 11 is 3.22. The fraction of sp³-hybridized carbons (Fsp3) is 0.250. The smallest absolute Gasteiger partial charge is 0.115 e. The Morgan fingerprint density at radius 2 is 2.57 bits per heavy atom. The second-order valence-electron chi connectivity index (χ2n) is 1.29. The largest absolute Gasteiger partial charge is 0.270 e. The number of imidazole rings is 1. The van der Waals surface area contributed by atoms with Gasteiger partial charge in [0, 0.05) is 12.4 Å². The number of aromatic nitrogens is 2. The molecule has 1 rings (SSSR count). The summed E-state index contributed by atoms with van der Waals surface area (Å²) in [5.41, 5.74) is 0. The molecule has 0 amide bonds. The van der Waals surface area contributed by atoms with E-state index in [9.17, 15) is 0 Å². The molecule has 2 nitrogen and oxygen atoms in total. The van der Waals surface area contributed by atoms with Crippen LogP contribution in [0.5, 0.6) is 0 Å². The predicted molar refractivity (Wildman–Crippen MR) is 31.3 cm³/mol. The van der Waals surface area contributed by atoms with Gasteiger partial charge in [-0.25, -0.2) is 4.98 Å². The molecule has 0 aromatic carbocycles. The van der Waals surface area contributed by atoms with E-state index in [-0.39, 0.29) is 0 Å². The third-order valence-corrected chi connectivity index (χ3v) is 1.52. The molecule has 0 N–H and O–H groups in total. The Balaban J connectivity index is 3.12. The first-order chi connectivity index (χ1) is 3.30. The number of rotatable bonds is 0. The van der Waals surface area contributed by atoms with Crippen molar-refractivity contribution in [3.63, 3.8) is 0 Å². The normalized spacial score (nSPS) is 9.43. The van der Waals surface area contributed by atoms with E-state index in [0.29, 0.717) is 0 Å². The van der Waals surface area contributed by atoms with Gasteiger partial charge in [0.05, 0.1) is 16.1 Å². The molecule has 0 bridgehead atoms. The van der Waals surface area contributed by atoms with E-state index in [1.54, 1.807) is 9.79 Å². The van der Waals surface area contributed by atoms with Crippen molar-refractivity contribution in [2.45, 2.75) is 6.92 Å². The van der Waals surface area contributed by atoms with Gasteiger partial charge in [0.25, 0.3) is 0 Å². The quantitative estimate of drug-likeness (QED) is 0.561. The fourth-order valence-corrected chi connectivity index (χ4v) is 0.560. The SMILES string of the molecule is Cc1nccn1Br. The number of hydrogen-bond acceptors (Lipinski definition) is 1. The fourth-order valence-electron chi connectivity index (χ4n) is 0.363. The van der Waals surface area contributed by atoms with E-state index >= 15 is 0 Å². The summed E-state index contributed by atoms with van der Waals surface area (Å²) in [6.45, 7) is 1.93. The highest BCUT2D eigenvalue weighted by atomic mass is 79.9. The number of nitrogens with zero attached hydrogens (tertiary/aromatic N) is 2. The van der Waals surface area contributed by atoms with Gasteiger partial charge >= 0.3 is 0 Å². The van der Waals surface area contributed by atoms with Crippen molar-refractivity contribution < 1.29 is 0 Å². The maximum atomic E-state index is 3.93. The zero-order valence-electron chi connectivity index (χ0n) is 3.93. The van der Waals surface area contributed by atoms with Gasteiger partial charge in [-0.3, -0.25) is 3.59 Å². The van der Waals surface area contributed by atoms with Gasteiger partial charge in [0.15, 0.2) is 0 Å². The summed E-state index contributed by atoms with van der Waals surface area (Å²) < 4.78 is 1.78. The van der Waals surface area contributed by atoms with Crippen LogP contribution in [-0.4, -0.2) is 8.58 Å². The molecular weight excluding hydrogens is 156 g/mol. The molecule has 0 saturated carbocycles. The molecule has 1 aromatic heterocycles. The molecule has 0 spiro atoms. The number of hydrogen-bond donors (Lipinski definition) is 0. The molecule has 0 unspecified atom stereocenters. The number of halogens is 1. The van der Waals surface area contributed by atoms with Crippen LogP contribution >= 0.6 is 16.1 Å². The molecule has 0 saturated heterocycles. The highest BCUT2D eigenvalue weighted by molar-refractivity contribution is 9.08. The second kappa shape index (κ2) is 1.66. The molecule has 1 heterocycles. The summed E-state index contributed by atoms with van der Waals surface area (Å²) in [7, 11) is 0. The first-order valence-corrected chi connectivity index (χ1v) is 2.68. The molecule has 0 fully saturated rings. The summed E-state index contributed by atoms with van der Waals surface area (Å²) in [6, 6.07) is 0. The van der Waals surface area contributed by atoms with Crippen LogP contribution in [0, 0.1) is 6.92 Å². The molecule has 0 radical (unpaired) electrons. The lowest BCUT2D eigenvalue weighted by Gasteiger charge is -1.83. The van der Waals surface area contributed by atoms with Crippen LogP contribution in [0.25, 0.3) is 0 Å². The van der Waals surface area contributed by atoms with Crippen molar-refractivity contribution in [3.8, 4) is 0 Å². The Morgan fingerprint density at radius 3 is 2.71 bits per heavy atom. The van der Waals surface area contributed by atoms with Gasteiger partial charge in [0.2, 0.25) is 0 Å². The molecule has 0 aliphatic heterocycles. The third kappa shape index (κ3) is 0.825. The van der Waals surface area contributed by atoms with E-state index in [4.69, 9.17) is 0 Å². The lowest BCUT2D eigenvalue weighted by Crippen LogP contribution is -1.78. The minimum Gasteiger partial charge on any atom is -0.270 e. The topological polar surface area (TPSA) is 17.8 Å². The van der Waals surface area contributed by atoms with Crippen LogP contribution in [0.3, 0.4) is 0 Å². The molecular formula is C4H5BrN2. The van der Waals surface area contributed by atoms with Crippen molar-refractivity contribution in [3.05, 3.63) is 18.2 Å². The van der Waals surface area contributed by atoms with Crippen LogP contribution in [0.4, 0.5) is 0 Å². The van der Waals surface area contributed by atoms with Gasteiger partial charge in [-0.15, -0.1) is 0 Å². The minimum atomic E-state index is 0.972. The van der Waals surface area contributed by atoms with E-state index in [1.165, 1.54) is 0 Å². The van der Waals surface area contributed by atoms with Crippen molar-refractivity contribution in [2.75, 3.05) is 0 Å². The van der Waals surface area contributed by atoms with Crippen LogP contribution in [0.2, 0.25) is 0 Å². The predicted octanol–water partition coefficient (Wildman–Crippen LogP) is 1.35. The van der Waals surface area contributed by atoms with E-state index in [0.717, 1.165) is 5.82 Å². The van der Waals surface area contributed by atoms with E-state index in [1.807, 2.05) is 13.1 Å². The molecule has 1 aromatic rings. The number of aryl methyl sites for hydroxylation is 1. The summed E-state index contributed by atoms with van der Waals surface area (Å²) in [6.07, 6.45) is 3.58. The first-order valence-electron chi connectivity index (χ1n) is 1.97. The zero-order valence-corrected chi connectivity index (χ0v) is 5.51. The van der Waals surface area contributed by atoms with Crippen LogP contribution in [0.1, 0.15) is 5.82 Å². The molecule has 0 aliphatic carbocycles. The summed E-state index contributed by atoms with van der Waals surface area (Å²) in [5, 5.41) is 0. The Bertz CT molecular complexity index is 142. The molecule has 0 aliphatic rings. The van der Waals surface area contributed by atoms with Crippen molar-refractivity contribution in [1.82, 2.24) is 8.58 Å². The zero-order chi connectivity index (χ0) is 5.28. The maximum Gasteiger partial charge on any atom is 0.115 e. The molecule has 38 valence electrons. The van der Waals surface area contributed by atoms with Crippen LogP contribution < -0.4 is 0 Å². The highest BCUT2D eigenvalue weighted by Crippen LogP contribution is 1.96. The molecule has 3 heteroatoms.